The molecule has 6 heteroatoms. The molecule has 0 unspecified atom stereocenters. The molecule has 0 aromatic heterocycles. The van der Waals surface area contributed by atoms with E-state index < -0.39 is 17.4 Å². The van der Waals surface area contributed by atoms with E-state index >= 15 is 0 Å². The number of carbonyl (C=O) groups is 2. The molecule has 0 bridgehead atoms. The maximum Gasteiger partial charge on any atom is 0.328 e. The lowest BCUT2D eigenvalue weighted by Crippen LogP contribution is -2.50. The Kier molecular flexibility index (Phi) is 5.72. The second-order valence-corrected chi connectivity index (χ2v) is 5.51. The van der Waals surface area contributed by atoms with Gasteiger partial charge in [-0.25, -0.2) is 4.79 Å². The van der Waals surface area contributed by atoms with Crippen molar-refractivity contribution in [2.24, 2.45) is 11.1 Å². The standard InChI is InChI=1S/C15H22N2O4/c1-15(2,9-16)14(20)17-12(13(19)21-3)8-10-4-6-11(18)7-5-10/h4-7,12,18H,8-9,16H2,1-3H3,(H,17,20)/t12-/m0/s1. The number of benzene rings is 1. The molecule has 6 nitrogen and oxygen atoms in total. The fraction of sp³-hybridized carbons (Fsp3) is 0.467. The molecule has 0 saturated carbocycles. The van der Waals surface area contributed by atoms with Crippen molar-refractivity contribution in [3.8, 4) is 5.75 Å². The van der Waals surface area contributed by atoms with Crippen molar-refractivity contribution < 1.29 is 19.4 Å². The number of rotatable bonds is 6. The average Bonchev–Trinajstić information content (AvgIpc) is 2.47. The minimum Gasteiger partial charge on any atom is -0.508 e. The second-order valence-electron chi connectivity index (χ2n) is 5.51. The number of carbonyl (C=O) groups excluding carboxylic acids is 2. The third-order valence-corrected chi connectivity index (χ3v) is 3.29. The SMILES string of the molecule is COC(=O)[C@H](Cc1ccc(O)cc1)NC(=O)C(C)(C)CN. The number of phenols is 1. The highest BCUT2D eigenvalue weighted by Gasteiger charge is 2.30. The molecule has 0 spiro atoms. The third-order valence-electron chi connectivity index (χ3n) is 3.29. The maximum absolute atomic E-state index is 12.1. The Morgan fingerprint density at radius 1 is 1.33 bits per heavy atom. The van der Waals surface area contributed by atoms with Crippen molar-refractivity contribution in [1.82, 2.24) is 5.32 Å². The summed E-state index contributed by atoms with van der Waals surface area (Å²) in [5.41, 5.74) is 5.59. The summed E-state index contributed by atoms with van der Waals surface area (Å²) in [4.78, 5) is 23.9. The Hall–Kier alpha value is -2.08. The lowest BCUT2D eigenvalue weighted by Gasteiger charge is -2.25. The summed E-state index contributed by atoms with van der Waals surface area (Å²) in [6.45, 7) is 3.58. The quantitative estimate of drug-likeness (QED) is 0.666. The van der Waals surface area contributed by atoms with Gasteiger partial charge in [0.2, 0.25) is 5.91 Å². The lowest BCUT2D eigenvalue weighted by atomic mass is 9.92. The van der Waals surface area contributed by atoms with Crippen LogP contribution in [0.25, 0.3) is 0 Å². The summed E-state index contributed by atoms with van der Waals surface area (Å²) in [5, 5.41) is 11.9. The summed E-state index contributed by atoms with van der Waals surface area (Å²) < 4.78 is 4.72. The first-order valence-electron chi connectivity index (χ1n) is 6.67. The van der Waals surface area contributed by atoms with E-state index in [0.717, 1.165) is 5.56 Å². The van der Waals surface area contributed by atoms with Gasteiger partial charge >= 0.3 is 5.97 Å². The molecule has 0 heterocycles. The van der Waals surface area contributed by atoms with E-state index in [1.165, 1.54) is 19.2 Å². The van der Waals surface area contributed by atoms with Gasteiger partial charge in [-0.05, 0) is 31.5 Å². The van der Waals surface area contributed by atoms with Gasteiger partial charge in [0.25, 0.3) is 0 Å². The minimum atomic E-state index is -0.794. The number of nitrogens with one attached hydrogen (secondary N) is 1. The smallest absolute Gasteiger partial charge is 0.328 e. The average molecular weight is 294 g/mol. The zero-order valence-corrected chi connectivity index (χ0v) is 12.6. The van der Waals surface area contributed by atoms with Gasteiger partial charge in [-0.2, -0.15) is 0 Å². The summed E-state index contributed by atoms with van der Waals surface area (Å²) in [6, 6.07) is 5.62. The van der Waals surface area contributed by atoms with Crippen LogP contribution in [0, 0.1) is 5.41 Å². The molecule has 0 aliphatic rings. The number of phenolic OH excluding ortho intramolecular Hbond substituents is 1. The Labute approximate surface area is 124 Å². The normalized spacial score (nSPS) is 12.6. The van der Waals surface area contributed by atoms with Crippen LogP contribution in [0.2, 0.25) is 0 Å². The zero-order valence-electron chi connectivity index (χ0n) is 12.6. The van der Waals surface area contributed by atoms with Crippen LogP contribution in [0.5, 0.6) is 5.75 Å². The van der Waals surface area contributed by atoms with Gasteiger partial charge in [0.1, 0.15) is 11.8 Å². The van der Waals surface area contributed by atoms with Crippen LogP contribution in [0.3, 0.4) is 0 Å². The Bertz CT molecular complexity index is 497. The summed E-state index contributed by atoms with van der Waals surface area (Å²) in [7, 11) is 1.27. The maximum atomic E-state index is 12.1. The fourth-order valence-corrected chi connectivity index (χ4v) is 1.65. The van der Waals surface area contributed by atoms with Gasteiger partial charge in [0, 0.05) is 13.0 Å². The highest BCUT2D eigenvalue weighted by atomic mass is 16.5. The number of methoxy groups -OCH3 is 1. The van der Waals surface area contributed by atoms with Crippen molar-refractivity contribution in [2.75, 3.05) is 13.7 Å². The number of esters is 1. The van der Waals surface area contributed by atoms with Crippen LogP contribution in [-0.2, 0) is 20.7 Å². The van der Waals surface area contributed by atoms with E-state index in [0.29, 0.717) is 0 Å². The van der Waals surface area contributed by atoms with Crippen molar-refractivity contribution in [3.63, 3.8) is 0 Å². The number of ether oxygens (including phenoxy) is 1. The summed E-state index contributed by atoms with van der Waals surface area (Å²) in [5.74, 6) is -0.690. The van der Waals surface area contributed by atoms with E-state index in [4.69, 9.17) is 10.5 Å². The molecular weight excluding hydrogens is 272 g/mol. The second kappa shape index (κ2) is 7.08. The lowest BCUT2D eigenvalue weighted by molar-refractivity contribution is -0.146. The van der Waals surface area contributed by atoms with Crippen LogP contribution in [0.15, 0.2) is 24.3 Å². The van der Waals surface area contributed by atoms with Gasteiger partial charge in [-0.1, -0.05) is 12.1 Å². The van der Waals surface area contributed by atoms with Gasteiger partial charge in [0.15, 0.2) is 0 Å². The van der Waals surface area contributed by atoms with Crippen molar-refractivity contribution in [1.29, 1.82) is 0 Å². The molecule has 1 aromatic carbocycles. The Morgan fingerprint density at radius 3 is 2.38 bits per heavy atom. The Balaban J connectivity index is 2.84. The molecule has 0 aliphatic heterocycles. The van der Waals surface area contributed by atoms with E-state index in [-0.39, 0.29) is 24.6 Å². The summed E-state index contributed by atoms with van der Waals surface area (Å²) >= 11 is 0. The zero-order chi connectivity index (χ0) is 16.0. The first-order chi connectivity index (χ1) is 9.80. The van der Waals surface area contributed by atoms with Gasteiger partial charge in [-0.15, -0.1) is 0 Å². The predicted octanol–water partition coefficient (Wildman–Crippen LogP) is 0.577. The topological polar surface area (TPSA) is 102 Å². The van der Waals surface area contributed by atoms with E-state index in [2.05, 4.69) is 5.32 Å². The molecule has 1 atom stereocenters. The van der Waals surface area contributed by atoms with E-state index in [1.807, 2.05) is 0 Å². The fourth-order valence-electron chi connectivity index (χ4n) is 1.65. The molecule has 4 N–H and O–H groups in total. The number of aromatic hydroxyl groups is 1. The van der Waals surface area contributed by atoms with Crippen molar-refractivity contribution >= 4 is 11.9 Å². The molecule has 0 saturated heterocycles. The van der Waals surface area contributed by atoms with Gasteiger partial charge < -0.3 is 20.9 Å². The first kappa shape index (κ1) is 17.0. The molecule has 0 radical (unpaired) electrons. The van der Waals surface area contributed by atoms with Crippen LogP contribution in [0.4, 0.5) is 0 Å². The molecular formula is C15H22N2O4. The summed E-state index contributed by atoms with van der Waals surface area (Å²) in [6.07, 6.45) is 0.277. The molecule has 116 valence electrons. The Morgan fingerprint density at radius 2 is 1.90 bits per heavy atom. The number of nitrogens with two attached hydrogens (primary N) is 1. The molecule has 0 aliphatic carbocycles. The molecule has 1 rings (SSSR count). The van der Waals surface area contributed by atoms with Gasteiger partial charge in [0.05, 0.1) is 12.5 Å². The molecule has 1 amide bonds. The monoisotopic (exact) mass is 294 g/mol. The van der Waals surface area contributed by atoms with Crippen LogP contribution in [-0.4, -0.2) is 36.7 Å². The number of hydrogen-bond donors (Lipinski definition) is 3. The van der Waals surface area contributed by atoms with E-state index in [1.54, 1.807) is 26.0 Å². The van der Waals surface area contributed by atoms with Gasteiger partial charge in [-0.3, -0.25) is 4.79 Å². The van der Waals surface area contributed by atoms with E-state index in [9.17, 15) is 14.7 Å². The molecule has 0 fully saturated rings. The number of hydrogen-bond acceptors (Lipinski definition) is 5. The predicted molar refractivity (Wildman–Crippen MR) is 78.6 cm³/mol. The highest BCUT2D eigenvalue weighted by Crippen LogP contribution is 2.15. The first-order valence-corrected chi connectivity index (χ1v) is 6.67. The highest BCUT2D eigenvalue weighted by molar-refractivity contribution is 5.87. The molecule has 1 aromatic rings. The minimum absolute atomic E-state index is 0.140. The van der Waals surface area contributed by atoms with Crippen molar-refractivity contribution in [2.45, 2.75) is 26.3 Å². The third kappa shape index (κ3) is 4.75. The molecule has 21 heavy (non-hydrogen) atoms. The van der Waals surface area contributed by atoms with Crippen LogP contribution in [0.1, 0.15) is 19.4 Å². The largest absolute Gasteiger partial charge is 0.508 e. The number of amides is 1. The van der Waals surface area contributed by atoms with Crippen molar-refractivity contribution in [3.05, 3.63) is 29.8 Å². The van der Waals surface area contributed by atoms with Crippen LogP contribution >= 0.6 is 0 Å². The van der Waals surface area contributed by atoms with Crippen LogP contribution < -0.4 is 11.1 Å².